The third-order valence-electron chi connectivity index (χ3n) is 0.824. The second-order valence-corrected chi connectivity index (χ2v) is 2.65. The summed E-state index contributed by atoms with van der Waals surface area (Å²) in [5.74, 6) is 0.640. The van der Waals surface area contributed by atoms with Gasteiger partial charge in [0, 0.05) is 32.7 Å². The molecule has 0 aromatic heterocycles. The van der Waals surface area contributed by atoms with Crippen molar-refractivity contribution in [3.63, 3.8) is 0 Å². The van der Waals surface area contributed by atoms with E-state index >= 15 is 0 Å². The van der Waals surface area contributed by atoms with Crippen molar-refractivity contribution in [1.82, 2.24) is 0 Å². The molecule has 0 fully saturated rings. The van der Waals surface area contributed by atoms with Crippen LogP contribution in [0.25, 0.3) is 0 Å². The Morgan fingerprint density at radius 1 is 1.36 bits per heavy atom. The van der Waals surface area contributed by atoms with E-state index in [1.54, 1.807) is 0 Å². The van der Waals surface area contributed by atoms with Crippen molar-refractivity contribution in [2.45, 2.75) is 40.5 Å². The molecule has 0 aliphatic rings. The summed E-state index contributed by atoms with van der Waals surface area (Å²) in [6.45, 7) is 8.19. The van der Waals surface area contributed by atoms with E-state index in [0.717, 1.165) is 6.42 Å². The first-order valence-corrected chi connectivity index (χ1v) is 3.78. The molecular weight excluding hydrogens is 213 g/mol. The summed E-state index contributed by atoms with van der Waals surface area (Å²) in [6, 6.07) is 0. The molecule has 0 aliphatic carbocycles. The predicted molar refractivity (Wildman–Crippen MR) is 45.4 cm³/mol. The van der Waals surface area contributed by atoms with Crippen molar-refractivity contribution in [3.8, 4) is 0 Å². The molecule has 0 saturated heterocycles. The maximum absolute atomic E-state index is 9.58. The van der Waals surface area contributed by atoms with E-state index in [4.69, 9.17) is 0 Å². The first kappa shape index (κ1) is 17.8. The third-order valence-corrected chi connectivity index (χ3v) is 0.824. The molecule has 0 aromatic carbocycles. The Bertz CT molecular complexity index is 62.6. The van der Waals surface area contributed by atoms with Crippen molar-refractivity contribution in [1.29, 1.82) is 0 Å². The van der Waals surface area contributed by atoms with Crippen LogP contribution in [-0.4, -0.2) is 6.29 Å². The van der Waals surface area contributed by atoms with E-state index in [9.17, 15) is 4.79 Å². The molecule has 0 spiro atoms. The summed E-state index contributed by atoms with van der Waals surface area (Å²) in [5.41, 5.74) is 0. The number of hydrogen-bond donors (Lipinski definition) is 0. The van der Waals surface area contributed by atoms with Crippen LogP contribution in [0, 0.1) is 12.3 Å². The summed E-state index contributed by atoms with van der Waals surface area (Å²) >= 11 is 0. The SMILES string of the molecule is CC(C)CC[C-]=O.C[CH-]C.[Y]. The van der Waals surface area contributed by atoms with Crippen molar-refractivity contribution in [2.24, 2.45) is 5.92 Å². The Morgan fingerprint density at radius 2 is 1.73 bits per heavy atom. The van der Waals surface area contributed by atoms with E-state index in [0.29, 0.717) is 12.3 Å². The molecule has 0 atom stereocenters. The van der Waals surface area contributed by atoms with E-state index in [-0.39, 0.29) is 32.7 Å². The zero-order chi connectivity index (χ0) is 8.41. The minimum absolute atomic E-state index is 0. The number of rotatable bonds is 3. The van der Waals surface area contributed by atoms with Crippen LogP contribution in [0.5, 0.6) is 0 Å². The van der Waals surface area contributed by atoms with Gasteiger partial charge in [0.15, 0.2) is 0 Å². The molecule has 65 valence electrons. The number of carbonyl (C=O) groups excluding carboxylic acids is 1. The topological polar surface area (TPSA) is 17.1 Å². The van der Waals surface area contributed by atoms with E-state index < -0.39 is 0 Å². The van der Waals surface area contributed by atoms with E-state index in [1.807, 2.05) is 26.6 Å². The monoisotopic (exact) mass is 231 g/mol. The quantitative estimate of drug-likeness (QED) is 0.682. The summed E-state index contributed by atoms with van der Waals surface area (Å²) in [5, 5.41) is 0. The van der Waals surface area contributed by atoms with Gasteiger partial charge in [-0.05, 0) is 5.92 Å². The summed E-state index contributed by atoms with van der Waals surface area (Å²) < 4.78 is 0. The van der Waals surface area contributed by atoms with Crippen LogP contribution in [-0.2, 0) is 37.5 Å². The van der Waals surface area contributed by atoms with Crippen molar-refractivity contribution in [3.05, 3.63) is 6.42 Å². The third kappa shape index (κ3) is 36.4. The molecule has 0 saturated carbocycles. The first-order valence-electron chi connectivity index (χ1n) is 3.78. The Hall–Kier alpha value is 0.774. The van der Waals surface area contributed by atoms with Crippen LogP contribution in [0.4, 0.5) is 0 Å². The zero-order valence-corrected chi connectivity index (χ0v) is 10.9. The van der Waals surface area contributed by atoms with Crippen LogP contribution in [0.1, 0.15) is 40.5 Å². The van der Waals surface area contributed by atoms with E-state index in [2.05, 4.69) is 13.8 Å². The van der Waals surface area contributed by atoms with Gasteiger partial charge in [0.2, 0.25) is 0 Å². The van der Waals surface area contributed by atoms with Gasteiger partial charge in [-0.3, -0.25) is 6.29 Å². The summed E-state index contributed by atoms with van der Waals surface area (Å²) in [6.07, 6.45) is 5.42. The standard InChI is InChI=1S/C6H11O.C3H7.Y/c1-6(2)4-3-5-7;1-3-2;/h6H,3-4H2,1-2H3;3H,1-2H3;/q2*-1;. The van der Waals surface area contributed by atoms with Gasteiger partial charge in [-0.25, -0.2) is 0 Å². The normalized spacial score (nSPS) is 7.73. The Morgan fingerprint density at radius 3 is 1.82 bits per heavy atom. The van der Waals surface area contributed by atoms with Gasteiger partial charge >= 0.3 is 0 Å². The molecule has 0 heterocycles. The molecule has 11 heavy (non-hydrogen) atoms. The van der Waals surface area contributed by atoms with Gasteiger partial charge in [-0.2, -0.15) is 20.3 Å². The average molecular weight is 231 g/mol. The van der Waals surface area contributed by atoms with Crippen LogP contribution < -0.4 is 0 Å². The Labute approximate surface area is 96.2 Å². The maximum atomic E-state index is 9.58. The smallest absolute Gasteiger partial charge is 0 e. The molecular formula is C9H18OY-2. The molecule has 1 radical (unpaired) electrons. The van der Waals surface area contributed by atoms with Gasteiger partial charge in [0.25, 0.3) is 0 Å². The molecule has 1 nitrogen and oxygen atoms in total. The largest absolute Gasteiger partial charge is 0.542 e. The summed E-state index contributed by atoms with van der Waals surface area (Å²) in [4.78, 5) is 9.58. The fourth-order valence-electron chi connectivity index (χ4n) is 0.348. The average Bonchev–Trinajstić information content (AvgIpc) is 1.85. The first-order chi connectivity index (χ1) is 4.68. The zero-order valence-electron chi connectivity index (χ0n) is 8.05. The molecule has 0 aromatic rings. The predicted octanol–water partition coefficient (Wildman–Crippen LogP) is 2.76. The molecule has 0 amide bonds. The van der Waals surface area contributed by atoms with Gasteiger partial charge in [-0.1, -0.05) is 20.3 Å². The van der Waals surface area contributed by atoms with Gasteiger partial charge in [0.05, 0.1) is 0 Å². The van der Waals surface area contributed by atoms with Gasteiger partial charge in [-0.15, -0.1) is 0 Å². The van der Waals surface area contributed by atoms with Gasteiger partial charge in [0.1, 0.15) is 0 Å². The molecule has 0 rings (SSSR count). The minimum Gasteiger partial charge on any atom is -0.542 e. The Balaban J connectivity index is -0.000000140. The van der Waals surface area contributed by atoms with Crippen LogP contribution in [0.2, 0.25) is 0 Å². The van der Waals surface area contributed by atoms with Crippen LogP contribution in [0.15, 0.2) is 0 Å². The van der Waals surface area contributed by atoms with Crippen molar-refractivity contribution < 1.29 is 37.5 Å². The fourth-order valence-corrected chi connectivity index (χ4v) is 0.348. The van der Waals surface area contributed by atoms with Crippen molar-refractivity contribution >= 4 is 6.29 Å². The molecule has 0 bridgehead atoms. The molecule has 2 heteroatoms. The number of hydrogen-bond acceptors (Lipinski definition) is 1. The second kappa shape index (κ2) is 17.0. The van der Waals surface area contributed by atoms with Crippen LogP contribution in [0.3, 0.4) is 0 Å². The maximum Gasteiger partial charge on any atom is 0 e. The van der Waals surface area contributed by atoms with Gasteiger partial charge < -0.3 is 11.2 Å². The molecule has 0 N–H and O–H groups in total. The Kier molecular flexibility index (Phi) is 27.5. The molecule has 0 unspecified atom stereocenters. The second-order valence-electron chi connectivity index (χ2n) is 2.65. The fraction of sp³-hybridized carbons (Fsp3) is 0.778. The molecule has 0 aliphatic heterocycles. The van der Waals surface area contributed by atoms with Crippen LogP contribution >= 0.6 is 0 Å². The minimum atomic E-state index is 0. The van der Waals surface area contributed by atoms with E-state index in [1.165, 1.54) is 0 Å². The summed E-state index contributed by atoms with van der Waals surface area (Å²) in [7, 11) is 0. The van der Waals surface area contributed by atoms with Crippen molar-refractivity contribution in [2.75, 3.05) is 0 Å².